The van der Waals surface area contributed by atoms with Gasteiger partial charge in [0, 0.05) is 19.3 Å². The Kier molecular flexibility index (Phi) is 3.44. The van der Waals surface area contributed by atoms with E-state index in [1.165, 1.54) is 16.4 Å². The molecule has 2 rings (SSSR count). The number of hydrogen-bond donors (Lipinski definition) is 1. The van der Waals surface area contributed by atoms with E-state index in [2.05, 4.69) is 14.9 Å². The minimum Gasteiger partial charge on any atom is -0.381 e. The highest BCUT2D eigenvalue weighted by atomic mass is 32.1. The van der Waals surface area contributed by atoms with Gasteiger partial charge in [0.2, 0.25) is 0 Å². The standard InChI is InChI=1S/C9H15N3OS/c1-10-9(8-6-11-12-14-8)7-2-4-13-5-3-7/h6-7,9-10H,2-5H2,1H3. The lowest BCUT2D eigenvalue weighted by atomic mass is 9.91. The van der Waals surface area contributed by atoms with Gasteiger partial charge < -0.3 is 10.1 Å². The first-order valence-corrected chi connectivity index (χ1v) is 5.71. The predicted octanol–water partition coefficient (Wildman–Crippen LogP) is 1.23. The van der Waals surface area contributed by atoms with E-state index in [0.29, 0.717) is 12.0 Å². The maximum Gasteiger partial charge on any atom is 0.0669 e. The second-order valence-corrected chi connectivity index (χ2v) is 4.35. The molecule has 0 amide bonds. The van der Waals surface area contributed by atoms with Crippen molar-refractivity contribution >= 4 is 11.5 Å². The average molecular weight is 213 g/mol. The van der Waals surface area contributed by atoms with Crippen molar-refractivity contribution in [2.24, 2.45) is 5.92 Å². The Morgan fingerprint density at radius 3 is 2.93 bits per heavy atom. The lowest BCUT2D eigenvalue weighted by Crippen LogP contribution is -2.29. The third-order valence-corrected chi connectivity index (χ3v) is 3.48. The molecule has 4 nitrogen and oxygen atoms in total. The van der Waals surface area contributed by atoms with Crippen molar-refractivity contribution in [1.29, 1.82) is 0 Å². The van der Waals surface area contributed by atoms with E-state index in [1.807, 2.05) is 13.2 Å². The topological polar surface area (TPSA) is 47.0 Å². The number of rotatable bonds is 3. The molecular weight excluding hydrogens is 198 g/mol. The molecule has 1 fully saturated rings. The largest absolute Gasteiger partial charge is 0.381 e. The fourth-order valence-corrected chi connectivity index (χ4v) is 2.68. The summed E-state index contributed by atoms with van der Waals surface area (Å²) in [5, 5.41) is 7.23. The van der Waals surface area contributed by atoms with Gasteiger partial charge in [-0.1, -0.05) is 4.49 Å². The predicted molar refractivity (Wildman–Crippen MR) is 55.3 cm³/mol. The summed E-state index contributed by atoms with van der Waals surface area (Å²) in [6.45, 7) is 1.77. The highest BCUT2D eigenvalue weighted by Crippen LogP contribution is 2.30. The molecule has 5 heteroatoms. The second-order valence-electron chi connectivity index (χ2n) is 3.54. The summed E-state index contributed by atoms with van der Waals surface area (Å²) < 4.78 is 9.26. The third-order valence-electron chi connectivity index (χ3n) is 2.73. The normalized spacial score (nSPS) is 20.9. The number of hydrogen-bond acceptors (Lipinski definition) is 5. The number of ether oxygens (including phenoxy) is 1. The van der Waals surface area contributed by atoms with Gasteiger partial charge in [0.25, 0.3) is 0 Å². The van der Waals surface area contributed by atoms with Crippen molar-refractivity contribution in [2.45, 2.75) is 18.9 Å². The van der Waals surface area contributed by atoms with Crippen molar-refractivity contribution in [3.63, 3.8) is 0 Å². The van der Waals surface area contributed by atoms with Gasteiger partial charge in [0.1, 0.15) is 0 Å². The molecule has 0 spiro atoms. The zero-order valence-electron chi connectivity index (χ0n) is 8.27. The number of nitrogens with one attached hydrogen (secondary N) is 1. The molecule has 78 valence electrons. The molecule has 1 aromatic rings. The molecule has 1 aliphatic rings. The smallest absolute Gasteiger partial charge is 0.0669 e. The maximum atomic E-state index is 5.36. The van der Waals surface area contributed by atoms with E-state index in [-0.39, 0.29) is 0 Å². The van der Waals surface area contributed by atoms with Crippen LogP contribution < -0.4 is 5.32 Å². The van der Waals surface area contributed by atoms with Crippen LogP contribution >= 0.6 is 11.5 Å². The fourth-order valence-electron chi connectivity index (χ4n) is 1.97. The molecule has 0 bridgehead atoms. The quantitative estimate of drug-likeness (QED) is 0.820. The molecule has 1 aromatic heterocycles. The Bertz CT molecular complexity index is 259. The number of nitrogens with zero attached hydrogens (tertiary/aromatic N) is 2. The van der Waals surface area contributed by atoms with Crippen LogP contribution in [0.3, 0.4) is 0 Å². The van der Waals surface area contributed by atoms with Crippen molar-refractivity contribution in [3.8, 4) is 0 Å². The highest BCUT2D eigenvalue weighted by molar-refractivity contribution is 7.05. The van der Waals surface area contributed by atoms with Gasteiger partial charge >= 0.3 is 0 Å². The maximum absolute atomic E-state index is 5.36. The molecule has 1 saturated heterocycles. The van der Waals surface area contributed by atoms with Crippen LogP contribution in [0.4, 0.5) is 0 Å². The van der Waals surface area contributed by atoms with Crippen LogP contribution in [0.25, 0.3) is 0 Å². The Labute approximate surface area is 87.8 Å². The second kappa shape index (κ2) is 4.82. The summed E-state index contributed by atoms with van der Waals surface area (Å²) in [4.78, 5) is 1.24. The van der Waals surface area contributed by atoms with Crippen molar-refractivity contribution in [2.75, 3.05) is 20.3 Å². The van der Waals surface area contributed by atoms with Gasteiger partial charge in [-0.25, -0.2) is 0 Å². The third kappa shape index (κ3) is 2.10. The van der Waals surface area contributed by atoms with Gasteiger partial charge in [-0.05, 0) is 37.3 Å². The van der Waals surface area contributed by atoms with Gasteiger partial charge in [-0.15, -0.1) is 5.10 Å². The Morgan fingerprint density at radius 1 is 1.57 bits per heavy atom. The molecule has 14 heavy (non-hydrogen) atoms. The lowest BCUT2D eigenvalue weighted by molar-refractivity contribution is 0.0550. The van der Waals surface area contributed by atoms with E-state index in [9.17, 15) is 0 Å². The molecule has 2 heterocycles. The van der Waals surface area contributed by atoms with Gasteiger partial charge in [-0.3, -0.25) is 0 Å². The van der Waals surface area contributed by atoms with E-state index in [1.54, 1.807) is 0 Å². The minimum atomic E-state index is 0.402. The summed E-state index contributed by atoms with van der Waals surface area (Å²) in [5.74, 6) is 0.663. The van der Waals surface area contributed by atoms with Gasteiger partial charge in [0.15, 0.2) is 0 Å². The van der Waals surface area contributed by atoms with Crippen LogP contribution in [0.5, 0.6) is 0 Å². The molecule has 1 aliphatic heterocycles. The molecule has 0 radical (unpaired) electrons. The van der Waals surface area contributed by atoms with Crippen LogP contribution in [-0.4, -0.2) is 29.8 Å². The molecule has 0 saturated carbocycles. The van der Waals surface area contributed by atoms with Gasteiger partial charge in [-0.2, -0.15) is 0 Å². The van der Waals surface area contributed by atoms with Crippen LogP contribution in [0.2, 0.25) is 0 Å². The van der Waals surface area contributed by atoms with Gasteiger partial charge in [0.05, 0.1) is 11.1 Å². The Hall–Kier alpha value is -0.520. The molecular formula is C9H15N3OS. The highest BCUT2D eigenvalue weighted by Gasteiger charge is 2.25. The molecule has 1 unspecified atom stereocenters. The van der Waals surface area contributed by atoms with E-state index in [4.69, 9.17) is 4.74 Å². The average Bonchev–Trinajstić information content (AvgIpc) is 2.74. The summed E-state index contributed by atoms with van der Waals surface area (Å²) in [5.41, 5.74) is 0. The van der Waals surface area contributed by atoms with Crippen LogP contribution in [0.15, 0.2) is 6.20 Å². The molecule has 1 atom stereocenters. The zero-order chi connectivity index (χ0) is 9.80. The lowest BCUT2D eigenvalue weighted by Gasteiger charge is -2.28. The Morgan fingerprint density at radius 2 is 2.36 bits per heavy atom. The van der Waals surface area contributed by atoms with E-state index < -0.39 is 0 Å². The summed E-state index contributed by atoms with van der Waals surface area (Å²) in [7, 11) is 2.00. The molecule has 0 aromatic carbocycles. The SMILES string of the molecule is CNC(c1cnns1)C1CCOCC1. The Balaban J connectivity index is 2.04. The van der Waals surface area contributed by atoms with Crippen LogP contribution in [-0.2, 0) is 4.74 Å². The first kappa shape index (κ1) is 10.0. The first-order valence-electron chi connectivity index (χ1n) is 4.94. The monoisotopic (exact) mass is 213 g/mol. The summed E-state index contributed by atoms with van der Waals surface area (Å²) in [6.07, 6.45) is 4.12. The van der Waals surface area contributed by atoms with Crippen molar-refractivity contribution in [3.05, 3.63) is 11.1 Å². The van der Waals surface area contributed by atoms with Crippen LogP contribution in [0.1, 0.15) is 23.8 Å². The van der Waals surface area contributed by atoms with Crippen molar-refractivity contribution in [1.82, 2.24) is 14.9 Å². The summed E-state index contributed by atoms with van der Waals surface area (Å²) in [6, 6.07) is 0.402. The minimum absolute atomic E-state index is 0.402. The van der Waals surface area contributed by atoms with Crippen molar-refractivity contribution < 1.29 is 4.74 Å². The first-order chi connectivity index (χ1) is 6.92. The zero-order valence-corrected chi connectivity index (χ0v) is 9.09. The summed E-state index contributed by atoms with van der Waals surface area (Å²) >= 11 is 1.48. The van der Waals surface area contributed by atoms with Crippen LogP contribution in [0, 0.1) is 5.92 Å². The number of aromatic nitrogens is 2. The fraction of sp³-hybridized carbons (Fsp3) is 0.778. The molecule has 1 N–H and O–H groups in total. The molecule has 0 aliphatic carbocycles. The van der Waals surface area contributed by atoms with E-state index >= 15 is 0 Å². The van der Waals surface area contributed by atoms with E-state index in [0.717, 1.165) is 26.1 Å².